The summed E-state index contributed by atoms with van der Waals surface area (Å²) in [6.07, 6.45) is 3.33. The molecule has 1 unspecified atom stereocenters. The van der Waals surface area contributed by atoms with Gasteiger partial charge >= 0.3 is 0 Å². The quantitative estimate of drug-likeness (QED) is 0.897. The summed E-state index contributed by atoms with van der Waals surface area (Å²) < 4.78 is 2.03. The minimum atomic E-state index is 0. The molecule has 1 aromatic heterocycles. The molecule has 1 aliphatic rings. The molecule has 2 N–H and O–H groups in total. The molecule has 0 bridgehead atoms. The monoisotopic (exact) mass is 330 g/mol. The number of halogens is 2. The fourth-order valence-corrected chi connectivity index (χ4v) is 2.49. The van der Waals surface area contributed by atoms with Crippen LogP contribution in [0.3, 0.4) is 0 Å². The predicted molar refractivity (Wildman–Crippen MR) is 88.3 cm³/mol. The van der Waals surface area contributed by atoms with E-state index in [1.54, 1.807) is 6.33 Å². The zero-order valence-electron chi connectivity index (χ0n) is 11.6. The Morgan fingerprint density at radius 1 is 1.38 bits per heavy atom. The van der Waals surface area contributed by atoms with Crippen molar-refractivity contribution < 1.29 is 4.79 Å². The van der Waals surface area contributed by atoms with Gasteiger partial charge in [0.15, 0.2) is 0 Å². The van der Waals surface area contributed by atoms with Crippen LogP contribution in [-0.4, -0.2) is 34.6 Å². The lowest BCUT2D eigenvalue weighted by Gasteiger charge is -2.11. The second-order valence-corrected chi connectivity index (χ2v) is 4.93. The Kier molecular flexibility index (Phi) is 6.95. The number of carbonyl (C=O) groups excluding carboxylic acids is 1. The highest BCUT2D eigenvalue weighted by Gasteiger charge is 2.16. The van der Waals surface area contributed by atoms with Gasteiger partial charge in [0, 0.05) is 25.6 Å². The molecule has 0 radical (unpaired) electrons. The summed E-state index contributed by atoms with van der Waals surface area (Å²) in [5, 5.41) is 6.30. The van der Waals surface area contributed by atoms with Crippen molar-refractivity contribution in [1.29, 1.82) is 0 Å². The van der Waals surface area contributed by atoms with Crippen molar-refractivity contribution in [3.63, 3.8) is 0 Å². The van der Waals surface area contributed by atoms with E-state index in [9.17, 15) is 4.79 Å². The second kappa shape index (κ2) is 8.22. The van der Waals surface area contributed by atoms with E-state index >= 15 is 0 Å². The number of nitrogens with zero attached hydrogens (tertiary/aromatic N) is 2. The molecular weight excluding hydrogens is 311 g/mol. The number of para-hydroxylation sites is 2. The van der Waals surface area contributed by atoms with Crippen LogP contribution in [0.2, 0.25) is 0 Å². The number of aromatic nitrogens is 2. The molecule has 1 fully saturated rings. The van der Waals surface area contributed by atoms with Crippen LogP contribution in [0.25, 0.3) is 11.0 Å². The lowest BCUT2D eigenvalue weighted by Crippen LogP contribution is -2.36. The average Bonchev–Trinajstić information content (AvgIpc) is 3.05. The van der Waals surface area contributed by atoms with Crippen molar-refractivity contribution in [1.82, 2.24) is 20.2 Å². The molecule has 2 heterocycles. The van der Waals surface area contributed by atoms with E-state index in [0.717, 1.165) is 30.5 Å². The zero-order chi connectivity index (χ0) is 13.1. The van der Waals surface area contributed by atoms with Crippen LogP contribution in [0.5, 0.6) is 0 Å². The van der Waals surface area contributed by atoms with Crippen LogP contribution >= 0.6 is 24.8 Å². The first-order valence-corrected chi connectivity index (χ1v) is 6.73. The van der Waals surface area contributed by atoms with Crippen LogP contribution in [0, 0.1) is 0 Å². The van der Waals surface area contributed by atoms with Gasteiger partial charge in [0.05, 0.1) is 17.4 Å². The number of nitrogens with one attached hydrogen (secondary N) is 2. The molecule has 1 saturated heterocycles. The molecule has 0 spiro atoms. The van der Waals surface area contributed by atoms with Gasteiger partial charge in [0.25, 0.3) is 0 Å². The summed E-state index contributed by atoms with van der Waals surface area (Å²) in [6, 6.07) is 8.27. The van der Waals surface area contributed by atoms with Gasteiger partial charge in [0.1, 0.15) is 0 Å². The number of hydrogen-bond donors (Lipinski definition) is 2. The maximum absolute atomic E-state index is 11.9. The van der Waals surface area contributed by atoms with E-state index in [4.69, 9.17) is 0 Å². The van der Waals surface area contributed by atoms with Crippen LogP contribution in [-0.2, 0) is 11.3 Å². The molecule has 5 nitrogen and oxygen atoms in total. The summed E-state index contributed by atoms with van der Waals surface area (Å²) in [5.41, 5.74) is 2.06. The van der Waals surface area contributed by atoms with Gasteiger partial charge in [0.2, 0.25) is 5.91 Å². The van der Waals surface area contributed by atoms with Crippen LogP contribution in [0.4, 0.5) is 0 Å². The average molecular weight is 331 g/mol. The molecule has 7 heteroatoms. The molecule has 1 aliphatic heterocycles. The van der Waals surface area contributed by atoms with Gasteiger partial charge in [-0.25, -0.2) is 4.98 Å². The number of hydrogen-bond acceptors (Lipinski definition) is 3. The Bertz CT molecular complexity index is 581. The van der Waals surface area contributed by atoms with Gasteiger partial charge in [-0.1, -0.05) is 12.1 Å². The smallest absolute Gasteiger partial charge is 0.222 e. The van der Waals surface area contributed by atoms with Crippen molar-refractivity contribution in [3.8, 4) is 0 Å². The van der Waals surface area contributed by atoms with Gasteiger partial charge in [-0.2, -0.15) is 0 Å². The lowest BCUT2D eigenvalue weighted by atomic mass is 10.2. The first-order valence-electron chi connectivity index (χ1n) is 6.73. The number of amides is 1. The highest BCUT2D eigenvalue weighted by atomic mass is 35.5. The standard InChI is InChI=1S/C14H18N4O.2ClH/c19-14(17-11-5-7-15-9-11)6-8-18-10-16-12-3-1-2-4-13(12)18;;/h1-4,10-11,15H,5-9H2,(H,17,19);2*1H. The molecule has 3 rings (SSSR count). The number of fused-ring (bicyclic) bond motifs is 1. The number of carbonyl (C=O) groups is 1. The van der Waals surface area contributed by atoms with E-state index in [0.29, 0.717) is 19.0 Å². The number of rotatable bonds is 4. The maximum Gasteiger partial charge on any atom is 0.222 e. The maximum atomic E-state index is 11.9. The third-order valence-corrected chi connectivity index (χ3v) is 3.53. The molecule has 21 heavy (non-hydrogen) atoms. The van der Waals surface area contributed by atoms with Crippen molar-refractivity contribution in [2.24, 2.45) is 0 Å². The number of imidazole rings is 1. The number of aryl methyl sites for hydroxylation is 1. The van der Waals surface area contributed by atoms with Crippen molar-refractivity contribution in [2.45, 2.75) is 25.4 Å². The van der Waals surface area contributed by atoms with E-state index in [-0.39, 0.29) is 30.7 Å². The summed E-state index contributed by atoms with van der Waals surface area (Å²) in [6.45, 7) is 2.56. The molecule has 116 valence electrons. The molecule has 1 aromatic carbocycles. The Hall–Kier alpha value is -1.30. The fraction of sp³-hybridized carbons (Fsp3) is 0.429. The lowest BCUT2D eigenvalue weighted by molar-refractivity contribution is -0.121. The van der Waals surface area contributed by atoms with E-state index < -0.39 is 0 Å². The third-order valence-electron chi connectivity index (χ3n) is 3.53. The van der Waals surface area contributed by atoms with Crippen molar-refractivity contribution in [3.05, 3.63) is 30.6 Å². The minimum Gasteiger partial charge on any atom is -0.352 e. The Morgan fingerprint density at radius 2 is 2.19 bits per heavy atom. The zero-order valence-corrected chi connectivity index (χ0v) is 13.3. The van der Waals surface area contributed by atoms with E-state index in [2.05, 4.69) is 15.6 Å². The Labute approximate surface area is 136 Å². The SMILES string of the molecule is Cl.Cl.O=C(CCn1cnc2ccccc21)NC1CCNC1. The van der Waals surface area contributed by atoms with Crippen LogP contribution < -0.4 is 10.6 Å². The molecule has 1 amide bonds. The van der Waals surface area contributed by atoms with Crippen LogP contribution in [0.1, 0.15) is 12.8 Å². The molecule has 0 saturated carbocycles. The molecule has 0 aliphatic carbocycles. The summed E-state index contributed by atoms with van der Waals surface area (Å²) in [7, 11) is 0. The van der Waals surface area contributed by atoms with Crippen LogP contribution in [0.15, 0.2) is 30.6 Å². The van der Waals surface area contributed by atoms with E-state index in [1.807, 2.05) is 28.8 Å². The van der Waals surface area contributed by atoms with Gasteiger partial charge < -0.3 is 15.2 Å². The third kappa shape index (κ3) is 4.33. The summed E-state index contributed by atoms with van der Waals surface area (Å²) in [5.74, 6) is 0.117. The molecular formula is C14H20Cl2N4O. The van der Waals surface area contributed by atoms with Crippen molar-refractivity contribution >= 4 is 41.8 Å². The Balaban J connectivity index is 0.00000110. The largest absolute Gasteiger partial charge is 0.352 e. The number of benzene rings is 1. The Morgan fingerprint density at radius 3 is 2.95 bits per heavy atom. The summed E-state index contributed by atoms with van der Waals surface area (Å²) >= 11 is 0. The fourth-order valence-electron chi connectivity index (χ4n) is 2.49. The van der Waals surface area contributed by atoms with Gasteiger partial charge in [-0.3, -0.25) is 4.79 Å². The molecule has 1 atom stereocenters. The van der Waals surface area contributed by atoms with Crippen molar-refractivity contribution in [2.75, 3.05) is 13.1 Å². The highest BCUT2D eigenvalue weighted by molar-refractivity contribution is 5.85. The van der Waals surface area contributed by atoms with Gasteiger partial charge in [-0.05, 0) is 25.1 Å². The summed E-state index contributed by atoms with van der Waals surface area (Å²) in [4.78, 5) is 16.2. The first kappa shape index (κ1) is 17.8. The minimum absolute atomic E-state index is 0. The van der Waals surface area contributed by atoms with E-state index in [1.165, 1.54) is 0 Å². The predicted octanol–water partition coefficient (Wildman–Crippen LogP) is 1.75. The molecule has 2 aromatic rings. The normalized spacial score (nSPS) is 17.0. The van der Waals surface area contributed by atoms with Gasteiger partial charge in [-0.15, -0.1) is 24.8 Å². The highest BCUT2D eigenvalue weighted by Crippen LogP contribution is 2.12. The second-order valence-electron chi connectivity index (χ2n) is 4.93. The topological polar surface area (TPSA) is 59.0 Å². The first-order chi connectivity index (χ1) is 9.33.